The van der Waals surface area contributed by atoms with E-state index in [1.54, 1.807) is 55.5 Å². The van der Waals surface area contributed by atoms with Crippen LogP contribution in [0.3, 0.4) is 0 Å². The number of hydrogen-bond acceptors (Lipinski definition) is 6. The van der Waals surface area contributed by atoms with Crippen LogP contribution in [-0.4, -0.2) is 31.7 Å². The summed E-state index contributed by atoms with van der Waals surface area (Å²) in [6.07, 6.45) is 0. The Labute approximate surface area is 206 Å². The molecule has 2 amide bonds. The molecule has 3 aromatic rings. The molecule has 2 N–H and O–H groups in total. The van der Waals surface area contributed by atoms with Crippen molar-refractivity contribution in [3.05, 3.63) is 82.6 Å². The SMILES string of the molecule is COc1ccc(Cl)cc1NC(=O)C(=O)NN=C(C)c1ccc(OCc2ccccc2F)c(OC)c1. The number of nitrogens with zero attached hydrogens (tertiary/aromatic N) is 1. The Morgan fingerprint density at radius 1 is 0.943 bits per heavy atom. The number of carbonyl (C=O) groups is 2. The lowest BCUT2D eigenvalue weighted by atomic mass is 10.1. The average Bonchev–Trinajstić information content (AvgIpc) is 2.86. The molecule has 0 atom stereocenters. The van der Waals surface area contributed by atoms with Crippen molar-refractivity contribution in [1.29, 1.82) is 0 Å². The number of ether oxygens (including phenoxy) is 3. The van der Waals surface area contributed by atoms with Crippen molar-refractivity contribution in [1.82, 2.24) is 5.43 Å². The first kappa shape index (κ1) is 25.5. The fraction of sp³-hybridized carbons (Fsp3) is 0.160. The van der Waals surface area contributed by atoms with Crippen LogP contribution < -0.4 is 25.0 Å². The monoisotopic (exact) mass is 499 g/mol. The van der Waals surface area contributed by atoms with E-state index in [0.717, 1.165) is 0 Å². The molecule has 10 heteroatoms. The van der Waals surface area contributed by atoms with E-state index in [4.69, 9.17) is 25.8 Å². The second-order valence-electron chi connectivity index (χ2n) is 7.18. The molecular formula is C25H23ClFN3O5. The molecule has 0 radical (unpaired) electrons. The molecule has 0 heterocycles. The number of benzene rings is 3. The summed E-state index contributed by atoms with van der Waals surface area (Å²) in [6.45, 7) is 1.67. The predicted molar refractivity (Wildman–Crippen MR) is 131 cm³/mol. The quantitative estimate of drug-likeness (QED) is 0.269. The third kappa shape index (κ3) is 6.70. The highest BCUT2D eigenvalue weighted by Gasteiger charge is 2.16. The first-order valence-electron chi connectivity index (χ1n) is 10.4. The molecule has 0 spiro atoms. The largest absolute Gasteiger partial charge is 0.495 e. The smallest absolute Gasteiger partial charge is 0.329 e. The van der Waals surface area contributed by atoms with Crippen LogP contribution in [0.25, 0.3) is 0 Å². The van der Waals surface area contributed by atoms with Gasteiger partial charge in [-0.2, -0.15) is 5.10 Å². The topological polar surface area (TPSA) is 98.2 Å². The van der Waals surface area contributed by atoms with Crippen LogP contribution in [0, 0.1) is 5.82 Å². The number of halogens is 2. The number of carbonyl (C=O) groups excluding carboxylic acids is 2. The van der Waals surface area contributed by atoms with Crippen molar-refractivity contribution in [2.24, 2.45) is 5.10 Å². The van der Waals surface area contributed by atoms with E-state index in [1.807, 2.05) is 0 Å². The summed E-state index contributed by atoms with van der Waals surface area (Å²) in [6, 6.07) is 15.9. The van der Waals surface area contributed by atoms with Gasteiger partial charge >= 0.3 is 11.8 Å². The summed E-state index contributed by atoms with van der Waals surface area (Å²) in [5.41, 5.74) is 3.88. The fourth-order valence-electron chi connectivity index (χ4n) is 2.99. The lowest BCUT2D eigenvalue weighted by Crippen LogP contribution is -2.33. The van der Waals surface area contributed by atoms with Crippen LogP contribution in [0.15, 0.2) is 65.8 Å². The summed E-state index contributed by atoms with van der Waals surface area (Å²) in [7, 11) is 2.90. The van der Waals surface area contributed by atoms with Crippen LogP contribution in [-0.2, 0) is 16.2 Å². The maximum Gasteiger partial charge on any atom is 0.329 e. The highest BCUT2D eigenvalue weighted by molar-refractivity contribution is 6.40. The second-order valence-corrected chi connectivity index (χ2v) is 7.62. The number of hydrogen-bond donors (Lipinski definition) is 2. The van der Waals surface area contributed by atoms with E-state index in [-0.39, 0.29) is 18.1 Å². The van der Waals surface area contributed by atoms with Gasteiger partial charge in [0.2, 0.25) is 0 Å². The first-order valence-corrected chi connectivity index (χ1v) is 10.7. The average molecular weight is 500 g/mol. The molecule has 0 aromatic heterocycles. The molecule has 3 rings (SSSR count). The number of nitrogens with one attached hydrogen (secondary N) is 2. The zero-order valence-corrected chi connectivity index (χ0v) is 20.0. The molecule has 0 aliphatic heterocycles. The van der Waals surface area contributed by atoms with E-state index >= 15 is 0 Å². The van der Waals surface area contributed by atoms with Crippen LogP contribution in [0.5, 0.6) is 17.2 Å². The Balaban J connectivity index is 1.65. The van der Waals surface area contributed by atoms with E-state index in [1.165, 1.54) is 26.4 Å². The number of anilines is 1. The van der Waals surface area contributed by atoms with Gasteiger partial charge in [0.05, 0.1) is 25.6 Å². The summed E-state index contributed by atoms with van der Waals surface area (Å²) < 4.78 is 30.0. The number of rotatable bonds is 8. The van der Waals surface area contributed by atoms with Crippen molar-refractivity contribution < 1.29 is 28.2 Å². The zero-order chi connectivity index (χ0) is 25.4. The predicted octanol–water partition coefficient (Wildman–Crippen LogP) is 4.55. The normalized spacial score (nSPS) is 10.9. The van der Waals surface area contributed by atoms with Crippen molar-refractivity contribution in [3.8, 4) is 17.2 Å². The van der Waals surface area contributed by atoms with Gasteiger partial charge in [0.15, 0.2) is 11.5 Å². The minimum Gasteiger partial charge on any atom is -0.495 e. The fourth-order valence-corrected chi connectivity index (χ4v) is 3.16. The summed E-state index contributed by atoms with van der Waals surface area (Å²) in [5, 5.41) is 6.78. The van der Waals surface area contributed by atoms with Gasteiger partial charge in [-0.3, -0.25) is 9.59 Å². The van der Waals surface area contributed by atoms with E-state index in [0.29, 0.717) is 39.1 Å². The van der Waals surface area contributed by atoms with Crippen LogP contribution in [0.2, 0.25) is 5.02 Å². The molecule has 0 aliphatic carbocycles. The lowest BCUT2D eigenvalue weighted by Gasteiger charge is -2.13. The molecular weight excluding hydrogens is 477 g/mol. The summed E-state index contributed by atoms with van der Waals surface area (Å²) in [5.74, 6) is -1.14. The third-order valence-electron chi connectivity index (χ3n) is 4.86. The van der Waals surface area contributed by atoms with E-state index in [2.05, 4.69) is 15.8 Å². The maximum absolute atomic E-state index is 13.8. The minimum absolute atomic E-state index is 0.0258. The van der Waals surface area contributed by atoms with Crippen LogP contribution >= 0.6 is 11.6 Å². The zero-order valence-electron chi connectivity index (χ0n) is 19.2. The Hall–Kier alpha value is -4.11. The maximum atomic E-state index is 13.8. The molecule has 0 saturated carbocycles. The molecule has 182 valence electrons. The summed E-state index contributed by atoms with van der Waals surface area (Å²) >= 11 is 5.94. The van der Waals surface area contributed by atoms with Crippen molar-refractivity contribution in [2.75, 3.05) is 19.5 Å². The van der Waals surface area contributed by atoms with E-state index < -0.39 is 11.8 Å². The highest BCUT2D eigenvalue weighted by atomic mass is 35.5. The van der Waals surface area contributed by atoms with Gasteiger partial charge in [-0.25, -0.2) is 9.82 Å². The minimum atomic E-state index is -0.983. The van der Waals surface area contributed by atoms with Gasteiger partial charge in [-0.05, 0) is 49.4 Å². The Morgan fingerprint density at radius 3 is 2.37 bits per heavy atom. The molecule has 8 nitrogen and oxygen atoms in total. The van der Waals surface area contributed by atoms with Gasteiger partial charge in [-0.1, -0.05) is 29.8 Å². The van der Waals surface area contributed by atoms with Gasteiger partial charge < -0.3 is 19.5 Å². The van der Waals surface area contributed by atoms with Crippen molar-refractivity contribution >= 4 is 34.8 Å². The van der Waals surface area contributed by atoms with Crippen molar-refractivity contribution in [2.45, 2.75) is 13.5 Å². The summed E-state index contributed by atoms with van der Waals surface area (Å²) in [4.78, 5) is 24.5. The number of amides is 2. The molecule has 35 heavy (non-hydrogen) atoms. The Morgan fingerprint density at radius 2 is 1.66 bits per heavy atom. The highest BCUT2D eigenvalue weighted by Crippen LogP contribution is 2.30. The lowest BCUT2D eigenvalue weighted by molar-refractivity contribution is -0.136. The number of hydrazone groups is 1. The van der Waals surface area contributed by atoms with Gasteiger partial charge in [-0.15, -0.1) is 0 Å². The Bertz CT molecular complexity index is 1270. The van der Waals surface area contributed by atoms with Crippen LogP contribution in [0.4, 0.5) is 10.1 Å². The van der Waals surface area contributed by atoms with Gasteiger partial charge in [0.1, 0.15) is 18.2 Å². The third-order valence-corrected chi connectivity index (χ3v) is 5.10. The molecule has 0 aliphatic rings. The van der Waals surface area contributed by atoms with Gasteiger partial charge in [0.25, 0.3) is 0 Å². The molecule has 0 saturated heterocycles. The van der Waals surface area contributed by atoms with Crippen molar-refractivity contribution in [3.63, 3.8) is 0 Å². The molecule has 0 fully saturated rings. The number of methoxy groups -OCH3 is 2. The van der Waals surface area contributed by atoms with Gasteiger partial charge in [0, 0.05) is 16.1 Å². The molecule has 3 aromatic carbocycles. The molecule has 0 bridgehead atoms. The second kappa shape index (κ2) is 11.8. The van der Waals surface area contributed by atoms with E-state index in [9.17, 15) is 14.0 Å². The first-order chi connectivity index (χ1) is 16.8. The Kier molecular flexibility index (Phi) is 8.63. The standard InChI is InChI=1S/C25H23ClFN3O5/c1-15(29-30-25(32)24(31)28-20-13-18(26)9-11-21(20)33-2)16-8-10-22(23(12-16)34-3)35-14-17-6-4-5-7-19(17)27/h4-13H,14H2,1-3H3,(H,28,31)(H,30,32). The molecule has 0 unspecified atom stereocenters. The van der Waals surface area contributed by atoms with Crippen LogP contribution in [0.1, 0.15) is 18.1 Å².